The van der Waals surface area contributed by atoms with E-state index in [9.17, 15) is 0 Å². The number of benzene rings is 1. The first-order valence-electron chi connectivity index (χ1n) is 6.07. The van der Waals surface area contributed by atoms with Gasteiger partial charge in [-0.1, -0.05) is 35.5 Å². The number of hydrogen-bond acceptors (Lipinski definition) is 5. The molecule has 0 spiro atoms. The van der Waals surface area contributed by atoms with Gasteiger partial charge < -0.3 is 15.0 Å². The summed E-state index contributed by atoms with van der Waals surface area (Å²) in [7, 11) is 0. The quantitative estimate of drug-likeness (QED) is 0.869. The van der Waals surface area contributed by atoms with Crippen LogP contribution in [0.1, 0.15) is 18.2 Å². The van der Waals surface area contributed by atoms with Crippen molar-refractivity contribution in [2.45, 2.75) is 18.4 Å². The SMILES string of the molecule is NC1CCOCC1c1nc(-c2ccccc2)no1. The van der Waals surface area contributed by atoms with E-state index in [4.69, 9.17) is 15.0 Å². The second-order valence-corrected chi connectivity index (χ2v) is 4.46. The Morgan fingerprint density at radius 2 is 2.06 bits per heavy atom. The van der Waals surface area contributed by atoms with Crippen LogP contribution in [-0.2, 0) is 4.74 Å². The Labute approximate surface area is 105 Å². The van der Waals surface area contributed by atoms with Crippen LogP contribution in [-0.4, -0.2) is 29.4 Å². The molecule has 2 unspecified atom stereocenters. The molecule has 1 aromatic heterocycles. The zero-order valence-corrected chi connectivity index (χ0v) is 9.95. The first-order valence-corrected chi connectivity index (χ1v) is 6.07. The summed E-state index contributed by atoms with van der Waals surface area (Å²) in [6.45, 7) is 1.26. The molecule has 3 rings (SSSR count). The maximum absolute atomic E-state index is 6.05. The Balaban J connectivity index is 1.85. The highest BCUT2D eigenvalue weighted by molar-refractivity contribution is 5.53. The van der Waals surface area contributed by atoms with Gasteiger partial charge in [-0.05, 0) is 6.42 Å². The highest BCUT2D eigenvalue weighted by Gasteiger charge is 2.29. The summed E-state index contributed by atoms with van der Waals surface area (Å²) in [6, 6.07) is 9.78. The van der Waals surface area contributed by atoms with Gasteiger partial charge in [0.2, 0.25) is 11.7 Å². The average molecular weight is 245 g/mol. The molecule has 0 amide bonds. The van der Waals surface area contributed by atoms with Gasteiger partial charge in [0.15, 0.2) is 0 Å². The molecule has 1 aliphatic heterocycles. The van der Waals surface area contributed by atoms with Crippen molar-refractivity contribution in [2.24, 2.45) is 5.73 Å². The normalized spacial score (nSPS) is 24.1. The predicted octanol–water partition coefficient (Wildman–Crippen LogP) is 1.57. The first kappa shape index (κ1) is 11.4. The predicted molar refractivity (Wildman–Crippen MR) is 65.9 cm³/mol. The Morgan fingerprint density at radius 1 is 1.22 bits per heavy atom. The summed E-state index contributed by atoms with van der Waals surface area (Å²) >= 11 is 0. The molecule has 0 saturated carbocycles. The van der Waals surface area contributed by atoms with Crippen molar-refractivity contribution in [3.05, 3.63) is 36.2 Å². The van der Waals surface area contributed by atoms with E-state index in [1.54, 1.807) is 0 Å². The summed E-state index contributed by atoms with van der Waals surface area (Å²) in [5.41, 5.74) is 6.99. The molecule has 5 nitrogen and oxygen atoms in total. The second kappa shape index (κ2) is 4.88. The fourth-order valence-electron chi connectivity index (χ4n) is 2.10. The smallest absolute Gasteiger partial charge is 0.233 e. The number of nitrogens with zero attached hydrogens (tertiary/aromatic N) is 2. The van der Waals surface area contributed by atoms with Crippen molar-refractivity contribution in [1.82, 2.24) is 10.1 Å². The molecular formula is C13H15N3O2. The third kappa shape index (κ3) is 2.14. The summed E-state index contributed by atoms with van der Waals surface area (Å²) < 4.78 is 10.7. The van der Waals surface area contributed by atoms with Gasteiger partial charge >= 0.3 is 0 Å². The highest BCUT2D eigenvalue weighted by Crippen LogP contribution is 2.25. The maximum atomic E-state index is 6.05. The Kier molecular flexibility index (Phi) is 3.08. The molecule has 2 N–H and O–H groups in total. The second-order valence-electron chi connectivity index (χ2n) is 4.46. The topological polar surface area (TPSA) is 74.2 Å². The monoisotopic (exact) mass is 245 g/mol. The molecule has 5 heteroatoms. The van der Waals surface area contributed by atoms with Crippen LogP contribution in [0.4, 0.5) is 0 Å². The summed E-state index contributed by atoms with van der Waals surface area (Å²) in [6.07, 6.45) is 0.827. The van der Waals surface area contributed by atoms with Crippen molar-refractivity contribution in [3.8, 4) is 11.4 Å². The molecule has 1 aromatic carbocycles. The lowest BCUT2D eigenvalue weighted by molar-refractivity contribution is 0.0590. The number of rotatable bonds is 2. The lowest BCUT2D eigenvalue weighted by Crippen LogP contribution is -2.37. The zero-order chi connectivity index (χ0) is 12.4. The Morgan fingerprint density at radius 3 is 2.83 bits per heavy atom. The zero-order valence-electron chi connectivity index (χ0n) is 9.95. The molecule has 0 radical (unpaired) electrons. The van der Waals surface area contributed by atoms with E-state index in [2.05, 4.69) is 10.1 Å². The molecule has 1 aliphatic rings. The lowest BCUT2D eigenvalue weighted by atomic mass is 9.97. The summed E-state index contributed by atoms with van der Waals surface area (Å²) in [5, 5.41) is 4.00. The molecule has 0 aliphatic carbocycles. The van der Waals surface area contributed by atoms with E-state index in [-0.39, 0.29) is 12.0 Å². The highest BCUT2D eigenvalue weighted by atomic mass is 16.5. The Hall–Kier alpha value is -1.72. The van der Waals surface area contributed by atoms with Crippen LogP contribution in [0, 0.1) is 0 Å². The van der Waals surface area contributed by atoms with E-state index < -0.39 is 0 Å². The molecule has 2 heterocycles. The van der Waals surface area contributed by atoms with E-state index in [1.165, 1.54) is 0 Å². The van der Waals surface area contributed by atoms with Gasteiger partial charge in [0.05, 0.1) is 12.5 Å². The fraction of sp³-hybridized carbons (Fsp3) is 0.385. The molecule has 94 valence electrons. The van der Waals surface area contributed by atoms with Gasteiger partial charge in [0.1, 0.15) is 0 Å². The summed E-state index contributed by atoms with van der Waals surface area (Å²) in [5.74, 6) is 1.17. The van der Waals surface area contributed by atoms with Crippen LogP contribution in [0.3, 0.4) is 0 Å². The van der Waals surface area contributed by atoms with Gasteiger partial charge in [-0.25, -0.2) is 0 Å². The molecule has 1 fully saturated rings. The van der Waals surface area contributed by atoms with Crippen LogP contribution in [0.2, 0.25) is 0 Å². The number of ether oxygens (including phenoxy) is 1. The van der Waals surface area contributed by atoms with Crippen molar-refractivity contribution in [1.29, 1.82) is 0 Å². The van der Waals surface area contributed by atoms with E-state index in [0.717, 1.165) is 12.0 Å². The minimum Gasteiger partial charge on any atom is -0.381 e. The molecule has 2 atom stereocenters. The minimum atomic E-state index is 0.00344. The van der Waals surface area contributed by atoms with Gasteiger partial charge in [0, 0.05) is 18.2 Å². The van der Waals surface area contributed by atoms with Crippen LogP contribution in [0.15, 0.2) is 34.9 Å². The third-order valence-electron chi connectivity index (χ3n) is 3.20. The van der Waals surface area contributed by atoms with Crippen LogP contribution in [0.25, 0.3) is 11.4 Å². The van der Waals surface area contributed by atoms with Gasteiger partial charge in [0.25, 0.3) is 0 Å². The largest absolute Gasteiger partial charge is 0.381 e. The number of aromatic nitrogens is 2. The Bertz CT molecular complexity index is 512. The van der Waals surface area contributed by atoms with E-state index >= 15 is 0 Å². The molecule has 1 saturated heterocycles. The van der Waals surface area contributed by atoms with Crippen molar-refractivity contribution < 1.29 is 9.26 Å². The van der Waals surface area contributed by atoms with Crippen molar-refractivity contribution in [2.75, 3.05) is 13.2 Å². The molecule has 2 aromatic rings. The third-order valence-corrected chi connectivity index (χ3v) is 3.20. The van der Waals surface area contributed by atoms with Crippen molar-refractivity contribution >= 4 is 0 Å². The van der Waals surface area contributed by atoms with Gasteiger partial charge in [-0.15, -0.1) is 0 Å². The van der Waals surface area contributed by atoms with E-state index in [1.807, 2.05) is 30.3 Å². The average Bonchev–Trinajstić information content (AvgIpc) is 2.90. The minimum absolute atomic E-state index is 0.00344. The van der Waals surface area contributed by atoms with Gasteiger partial charge in [-0.3, -0.25) is 0 Å². The van der Waals surface area contributed by atoms with Crippen LogP contribution >= 0.6 is 0 Å². The maximum Gasteiger partial charge on any atom is 0.233 e. The van der Waals surface area contributed by atoms with Crippen LogP contribution in [0.5, 0.6) is 0 Å². The molecular weight excluding hydrogens is 230 g/mol. The fourth-order valence-corrected chi connectivity index (χ4v) is 2.10. The lowest BCUT2D eigenvalue weighted by Gasteiger charge is -2.25. The molecule has 18 heavy (non-hydrogen) atoms. The first-order chi connectivity index (χ1) is 8.84. The standard InChI is InChI=1S/C13H15N3O2/c14-11-6-7-17-8-10(11)13-15-12(16-18-13)9-4-2-1-3-5-9/h1-5,10-11H,6-8,14H2. The van der Waals surface area contributed by atoms with Crippen LogP contribution < -0.4 is 5.73 Å². The van der Waals surface area contributed by atoms with E-state index in [0.29, 0.717) is 24.9 Å². The van der Waals surface area contributed by atoms with Crippen molar-refractivity contribution in [3.63, 3.8) is 0 Å². The summed E-state index contributed by atoms with van der Waals surface area (Å²) in [4.78, 5) is 4.42. The number of hydrogen-bond donors (Lipinski definition) is 1. The number of nitrogens with two attached hydrogens (primary N) is 1. The molecule has 0 bridgehead atoms. The van der Waals surface area contributed by atoms with Gasteiger partial charge in [-0.2, -0.15) is 4.98 Å².